The average Bonchev–Trinajstić information content (AvgIpc) is 3.26. The Labute approximate surface area is 138 Å². The number of benzene rings is 1. The zero-order chi connectivity index (χ0) is 15.8. The Morgan fingerprint density at radius 2 is 2.17 bits per heavy atom. The molecule has 120 valence electrons. The van der Waals surface area contributed by atoms with Crippen LogP contribution in [0.4, 0.5) is 5.69 Å². The number of nitrogens with two attached hydrogens (primary N) is 1. The highest BCUT2D eigenvalue weighted by Crippen LogP contribution is 2.30. The van der Waals surface area contributed by atoms with E-state index in [1.54, 1.807) is 30.5 Å². The van der Waals surface area contributed by atoms with Crippen LogP contribution in [0.1, 0.15) is 29.1 Å². The first kappa shape index (κ1) is 14.5. The summed E-state index contributed by atoms with van der Waals surface area (Å²) in [6.45, 7) is 0. The maximum absolute atomic E-state index is 12.3. The second kappa shape index (κ2) is 5.82. The van der Waals surface area contributed by atoms with E-state index >= 15 is 0 Å². The van der Waals surface area contributed by atoms with Gasteiger partial charge in [0, 0.05) is 23.8 Å². The molecule has 0 saturated carbocycles. The fourth-order valence-electron chi connectivity index (χ4n) is 3.28. The van der Waals surface area contributed by atoms with Gasteiger partial charge in [-0.05, 0) is 43.5 Å². The van der Waals surface area contributed by atoms with E-state index in [0.717, 1.165) is 12.8 Å². The van der Waals surface area contributed by atoms with Crippen LogP contribution in [0.3, 0.4) is 0 Å². The fourth-order valence-corrected chi connectivity index (χ4v) is 3.97. The molecule has 2 aliphatic heterocycles. The number of nitrogen functional groups attached to an aromatic ring is 1. The number of ether oxygens (including phenoxy) is 1. The Morgan fingerprint density at radius 1 is 1.35 bits per heavy atom. The van der Waals surface area contributed by atoms with E-state index in [0.29, 0.717) is 33.6 Å². The van der Waals surface area contributed by atoms with Gasteiger partial charge in [0.15, 0.2) is 5.01 Å². The van der Waals surface area contributed by atoms with Crippen LogP contribution in [0.25, 0.3) is 0 Å². The Bertz CT molecular complexity index is 715. The molecule has 4 N–H and O–H groups in total. The molecule has 3 atom stereocenters. The smallest absolute Gasteiger partial charge is 0.280 e. The summed E-state index contributed by atoms with van der Waals surface area (Å²) >= 11 is 1.25. The number of amides is 1. The molecule has 23 heavy (non-hydrogen) atoms. The predicted octanol–water partition coefficient (Wildman–Crippen LogP) is 2.14. The summed E-state index contributed by atoms with van der Waals surface area (Å²) in [5.74, 6) is 0.550. The summed E-state index contributed by atoms with van der Waals surface area (Å²) in [7, 11) is 0. The molecule has 3 heterocycles. The van der Waals surface area contributed by atoms with Gasteiger partial charge in [0.2, 0.25) is 5.06 Å². The number of aromatic nitrogens is 1. The lowest BCUT2D eigenvalue weighted by Gasteiger charge is -2.20. The highest BCUT2D eigenvalue weighted by atomic mass is 32.1. The van der Waals surface area contributed by atoms with Crippen LogP contribution in [0, 0.1) is 0 Å². The van der Waals surface area contributed by atoms with Crippen LogP contribution >= 0.6 is 11.3 Å². The lowest BCUT2D eigenvalue weighted by molar-refractivity contribution is 0.0930. The second-order valence-corrected chi connectivity index (χ2v) is 7.01. The van der Waals surface area contributed by atoms with E-state index in [1.807, 2.05) is 0 Å². The molecule has 6 nitrogen and oxygen atoms in total. The molecule has 2 fully saturated rings. The van der Waals surface area contributed by atoms with Crippen molar-refractivity contribution in [3.05, 3.63) is 35.5 Å². The van der Waals surface area contributed by atoms with Gasteiger partial charge in [0.25, 0.3) is 5.91 Å². The Morgan fingerprint density at radius 3 is 2.87 bits per heavy atom. The first-order valence-electron chi connectivity index (χ1n) is 7.73. The Balaban J connectivity index is 1.39. The van der Waals surface area contributed by atoms with Gasteiger partial charge < -0.3 is 21.1 Å². The van der Waals surface area contributed by atoms with Crippen molar-refractivity contribution in [1.29, 1.82) is 0 Å². The molecule has 1 aromatic carbocycles. The molecule has 7 heteroatoms. The van der Waals surface area contributed by atoms with E-state index in [9.17, 15) is 4.79 Å². The number of hydrogen-bond acceptors (Lipinski definition) is 6. The molecule has 2 saturated heterocycles. The zero-order valence-electron chi connectivity index (χ0n) is 12.5. The molecule has 4 rings (SSSR count). The third kappa shape index (κ3) is 3.02. The van der Waals surface area contributed by atoms with Crippen molar-refractivity contribution in [3.8, 4) is 10.8 Å². The van der Waals surface area contributed by atoms with Gasteiger partial charge in [-0.1, -0.05) is 11.3 Å². The SMILES string of the molecule is Nc1ccc(Oc2cnc(C(=O)NC3CC4CCC3N4)s2)cc1. The molecule has 2 aromatic rings. The summed E-state index contributed by atoms with van der Waals surface area (Å²) in [6, 6.07) is 8.30. The van der Waals surface area contributed by atoms with Crippen molar-refractivity contribution in [1.82, 2.24) is 15.6 Å². The van der Waals surface area contributed by atoms with Crippen molar-refractivity contribution in [2.45, 2.75) is 37.4 Å². The van der Waals surface area contributed by atoms with E-state index in [-0.39, 0.29) is 11.9 Å². The van der Waals surface area contributed by atoms with Crippen LogP contribution in [-0.2, 0) is 0 Å². The average molecular weight is 330 g/mol. The number of rotatable bonds is 4. The number of thiazole rings is 1. The van der Waals surface area contributed by atoms with E-state index < -0.39 is 0 Å². The summed E-state index contributed by atoms with van der Waals surface area (Å²) in [5, 5.41) is 7.61. The lowest BCUT2D eigenvalue weighted by Crippen LogP contribution is -2.42. The van der Waals surface area contributed by atoms with Gasteiger partial charge >= 0.3 is 0 Å². The molecule has 1 aromatic heterocycles. The maximum atomic E-state index is 12.3. The monoisotopic (exact) mass is 330 g/mol. The van der Waals surface area contributed by atoms with Gasteiger partial charge in [-0.3, -0.25) is 4.79 Å². The molecule has 0 spiro atoms. The lowest BCUT2D eigenvalue weighted by atomic mass is 9.95. The van der Waals surface area contributed by atoms with Crippen LogP contribution in [0.15, 0.2) is 30.5 Å². The molecule has 3 unspecified atom stereocenters. The molecular formula is C16H18N4O2S. The second-order valence-electron chi connectivity index (χ2n) is 6.02. The van der Waals surface area contributed by atoms with Crippen LogP contribution in [0.5, 0.6) is 10.8 Å². The van der Waals surface area contributed by atoms with Gasteiger partial charge in [0.05, 0.1) is 6.20 Å². The molecule has 2 aliphatic rings. The standard InChI is InChI=1S/C16H18N4O2S/c17-9-1-4-11(5-2-9)22-14-8-18-16(23-14)15(21)20-13-7-10-3-6-12(13)19-10/h1-2,4-5,8,10,12-13,19H,3,6-7,17H2,(H,20,21). The number of fused-ring (bicyclic) bond motifs is 2. The highest BCUT2D eigenvalue weighted by molar-refractivity contribution is 7.15. The van der Waals surface area contributed by atoms with E-state index in [2.05, 4.69) is 15.6 Å². The number of carbonyl (C=O) groups excluding carboxylic acids is 1. The van der Waals surface area contributed by atoms with Gasteiger partial charge in [-0.2, -0.15) is 0 Å². The molecule has 2 bridgehead atoms. The number of nitrogens with zero attached hydrogens (tertiary/aromatic N) is 1. The Kier molecular flexibility index (Phi) is 3.66. The van der Waals surface area contributed by atoms with E-state index in [1.165, 1.54) is 17.8 Å². The van der Waals surface area contributed by atoms with Gasteiger partial charge in [-0.15, -0.1) is 0 Å². The van der Waals surface area contributed by atoms with Crippen LogP contribution in [0.2, 0.25) is 0 Å². The largest absolute Gasteiger partial charge is 0.445 e. The minimum Gasteiger partial charge on any atom is -0.445 e. The maximum Gasteiger partial charge on any atom is 0.280 e. The third-order valence-electron chi connectivity index (χ3n) is 4.39. The summed E-state index contributed by atoms with van der Waals surface area (Å²) < 4.78 is 5.69. The minimum absolute atomic E-state index is 0.124. The number of hydrogen-bond donors (Lipinski definition) is 3. The molecule has 0 aliphatic carbocycles. The normalized spacial score (nSPS) is 25.5. The highest BCUT2D eigenvalue weighted by Gasteiger charge is 2.39. The van der Waals surface area contributed by atoms with Crippen molar-refractivity contribution in [2.24, 2.45) is 0 Å². The number of nitrogens with one attached hydrogen (secondary N) is 2. The van der Waals surface area contributed by atoms with Gasteiger partial charge in [0.1, 0.15) is 5.75 Å². The third-order valence-corrected chi connectivity index (χ3v) is 5.27. The fraction of sp³-hybridized carbons (Fsp3) is 0.375. The van der Waals surface area contributed by atoms with Crippen molar-refractivity contribution >= 4 is 22.9 Å². The van der Waals surface area contributed by atoms with Crippen LogP contribution < -0.4 is 21.1 Å². The van der Waals surface area contributed by atoms with Crippen LogP contribution in [-0.4, -0.2) is 29.0 Å². The van der Waals surface area contributed by atoms with Gasteiger partial charge in [-0.25, -0.2) is 4.98 Å². The van der Waals surface area contributed by atoms with Crippen molar-refractivity contribution in [2.75, 3.05) is 5.73 Å². The Hall–Kier alpha value is -2.12. The summed E-state index contributed by atoms with van der Waals surface area (Å²) in [5.41, 5.74) is 6.33. The summed E-state index contributed by atoms with van der Waals surface area (Å²) in [4.78, 5) is 16.5. The molecular weight excluding hydrogens is 312 g/mol. The number of carbonyl (C=O) groups is 1. The molecule has 0 radical (unpaired) electrons. The van der Waals surface area contributed by atoms with E-state index in [4.69, 9.17) is 10.5 Å². The molecule has 1 amide bonds. The first-order valence-corrected chi connectivity index (χ1v) is 8.55. The first-order chi connectivity index (χ1) is 11.2. The topological polar surface area (TPSA) is 89.3 Å². The minimum atomic E-state index is -0.124. The summed E-state index contributed by atoms with van der Waals surface area (Å²) in [6.07, 6.45) is 4.94. The number of anilines is 1. The quantitative estimate of drug-likeness (QED) is 0.747. The van der Waals surface area contributed by atoms with Crippen molar-refractivity contribution in [3.63, 3.8) is 0 Å². The zero-order valence-corrected chi connectivity index (χ0v) is 13.3. The van der Waals surface area contributed by atoms with Crippen molar-refractivity contribution < 1.29 is 9.53 Å². The predicted molar refractivity (Wildman–Crippen MR) is 88.9 cm³/mol.